The SMILES string of the molecule is CCC(C)(C)c1ccc2oc3c(c2c1)Oc1c2c(nc4c1C(C)(C)CCC4(C)C)Oc1cc(C(C)(C)C)ccc1B32. The first-order valence-electron chi connectivity index (χ1n) is 15.3. The van der Waals surface area contributed by atoms with Crippen LogP contribution in [0.5, 0.6) is 23.1 Å². The Hall–Kier alpha value is -3.21. The number of benzene rings is 2. The minimum absolute atomic E-state index is 0.00179. The summed E-state index contributed by atoms with van der Waals surface area (Å²) in [5.41, 5.74) is 8.59. The lowest BCUT2D eigenvalue weighted by molar-refractivity contribution is 0.307. The lowest BCUT2D eigenvalue weighted by atomic mass is 9.37. The maximum Gasteiger partial charge on any atom is 0.307 e. The second-order valence-corrected chi connectivity index (χ2v) is 15.5. The van der Waals surface area contributed by atoms with Gasteiger partial charge in [0.15, 0.2) is 5.75 Å². The summed E-state index contributed by atoms with van der Waals surface area (Å²) in [6.07, 6.45) is 3.20. The fraction of sp³-hybridized carbons (Fsp3) is 0.472. The van der Waals surface area contributed by atoms with Crippen LogP contribution in [-0.4, -0.2) is 11.7 Å². The van der Waals surface area contributed by atoms with E-state index in [1.165, 1.54) is 16.7 Å². The summed E-state index contributed by atoms with van der Waals surface area (Å²) in [5.74, 6) is 3.29. The van der Waals surface area contributed by atoms with Gasteiger partial charge < -0.3 is 13.9 Å². The standard InChI is InChI=1S/C36H42BNO3/c1-11-34(5,6)21-13-15-24-22(18-21)28-31(39-24)37-23-14-12-20(33(2,3)4)19-25(23)40-32-27(37)29(41-28)26-30(38-32)36(9,10)17-16-35(26,7)8/h12-15,18-19H,11,16-17H2,1-10H3. The fourth-order valence-corrected chi connectivity index (χ4v) is 6.96. The van der Waals surface area contributed by atoms with Gasteiger partial charge in [0.2, 0.25) is 5.88 Å². The molecular weight excluding hydrogens is 505 g/mol. The molecule has 4 heterocycles. The van der Waals surface area contributed by atoms with E-state index in [0.717, 1.165) is 69.8 Å². The van der Waals surface area contributed by atoms with Gasteiger partial charge in [-0.2, -0.15) is 0 Å². The molecule has 0 saturated heterocycles. The van der Waals surface area contributed by atoms with E-state index in [-0.39, 0.29) is 28.4 Å². The van der Waals surface area contributed by atoms with Crippen molar-refractivity contribution in [3.8, 4) is 23.1 Å². The zero-order valence-electron chi connectivity index (χ0n) is 26.3. The molecule has 2 aromatic carbocycles. The second kappa shape index (κ2) is 8.21. The molecule has 212 valence electrons. The minimum atomic E-state index is -0.143. The zero-order chi connectivity index (χ0) is 29.3. The predicted molar refractivity (Wildman–Crippen MR) is 169 cm³/mol. The summed E-state index contributed by atoms with van der Waals surface area (Å²) in [5, 5.41) is 1.05. The summed E-state index contributed by atoms with van der Waals surface area (Å²) in [6, 6.07) is 13.3. The van der Waals surface area contributed by atoms with E-state index >= 15 is 0 Å². The van der Waals surface area contributed by atoms with Gasteiger partial charge >= 0.3 is 6.71 Å². The van der Waals surface area contributed by atoms with Crippen LogP contribution in [0.2, 0.25) is 0 Å². The van der Waals surface area contributed by atoms with E-state index in [1.807, 2.05) is 0 Å². The quantitative estimate of drug-likeness (QED) is 0.207. The largest absolute Gasteiger partial charge is 0.466 e. The Kier molecular flexibility index (Phi) is 5.34. The lowest BCUT2D eigenvalue weighted by Gasteiger charge is -2.44. The first-order valence-corrected chi connectivity index (χ1v) is 15.3. The number of rotatable bonds is 2. The highest BCUT2D eigenvalue weighted by Crippen LogP contribution is 2.52. The van der Waals surface area contributed by atoms with Crippen LogP contribution in [0.1, 0.15) is 111 Å². The number of nitrogens with zero attached hydrogens (tertiary/aromatic N) is 1. The molecule has 0 bridgehead atoms. The van der Waals surface area contributed by atoms with Gasteiger partial charge in [0.1, 0.15) is 22.7 Å². The third-order valence-corrected chi connectivity index (χ3v) is 10.3. The molecule has 0 saturated carbocycles. The topological polar surface area (TPSA) is 44.5 Å². The molecule has 0 atom stereocenters. The van der Waals surface area contributed by atoms with Crippen molar-refractivity contribution in [1.29, 1.82) is 0 Å². The van der Waals surface area contributed by atoms with Crippen LogP contribution in [0.4, 0.5) is 0 Å². The van der Waals surface area contributed by atoms with Crippen LogP contribution in [0, 0.1) is 0 Å². The Morgan fingerprint density at radius 3 is 2.27 bits per heavy atom. The van der Waals surface area contributed by atoms with Crippen LogP contribution in [0.25, 0.3) is 11.0 Å². The van der Waals surface area contributed by atoms with E-state index in [9.17, 15) is 0 Å². The molecule has 3 aliphatic rings. The van der Waals surface area contributed by atoms with Gasteiger partial charge in [-0.15, -0.1) is 0 Å². The lowest BCUT2D eigenvalue weighted by Crippen LogP contribution is -2.58. The van der Waals surface area contributed by atoms with E-state index in [0.29, 0.717) is 5.88 Å². The molecule has 0 fully saturated rings. The van der Waals surface area contributed by atoms with Crippen molar-refractivity contribution in [2.75, 3.05) is 0 Å². The van der Waals surface area contributed by atoms with Crippen LogP contribution < -0.4 is 26.1 Å². The number of pyridine rings is 1. The van der Waals surface area contributed by atoms with Crippen molar-refractivity contribution in [2.24, 2.45) is 0 Å². The predicted octanol–water partition coefficient (Wildman–Crippen LogP) is 7.89. The maximum absolute atomic E-state index is 7.09. The Morgan fingerprint density at radius 2 is 1.56 bits per heavy atom. The van der Waals surface area contributed by atoms with E-state index in [1.54, 1.807) is 0 Å². The summed E-state index contributed by atoms with van der Waals surface area (Å²) in [4.78, 5) is 5.33. The van der Waals surface area contributed by atoms with Gasteiger partial charge in [0, 0.05) is 16.4 Å². The first kappa shape index (κ1) is 26.7. The van der Waals surface area contributed by atoms with Crippen molar-refractivity contribution >= 4 is 34.3 Å². The van der Waals surface area contributed by atoms with Gasteiger partial charge in [-0.1, -0.05) is 87.4 Å². The highest BCUT2D eigenvalue weighted by atomic mass is 16.5. The number of furan rings is 1. The molecule has 0 unspecified atom stereocenters. The highest BCUT2D eigenvalue weighted by Gasteiger charge is 2.50. The Labute approximate surface area is 244 Å². The molecule has 2 aliphatic heterocycles. The first-order chi connectivity index (χ1) is 19.1. The molecule has 0 N–H and O–H groups in total. The molecular formula is C36H42BNO3. The molecule has 41 heavy (non-hydrogen) atoms. The Morgan fingerprint density at radius 1 is 0.854 bits per heavy atom. The molecule has 7 rings (SSSR count). The number of hydrogen-bond acceptors (Lipinski definition) is 4. The van der Waals surface area contributed by atoms with Crippen LogP contribution in [-0.2, 0) is 21.7 Å². The van der Waals surface area contributed by atoms with Crippen LogP contribution >= 0.6 is 0 Å². The van der Waals surface area contributed by atoms with Crippen molar-refractivity contribution in [2.45, 2.75) is 110 Å². The maximum atomic E-state index is 7.09. The van der Waals surface area contributed by atoms with E-state index < -0.39 is 0 Å². The van der Waals surface area contributed by atoms with E-state index in [4.69, 9.17) is 18.9 Å². The van der Waals surface area contributed by atoms with Crippen molar-refractivity contribution in [1.82, 2.24) is 4.98 Å². The van der Waals surface area contributed by atoms with Gasteiger partial charge in [-0.25, -0.2) is 4.98 Å². The van der Waals surface area contributed by atoms with E-state index in [2.05, 4.69) is 106 Å². The van der Waals surface area contributed by atoms with Gasteiger partial charge in [0.05, 0.1) is 11.1 Å². The van der Waals surface area contributed by atoms with Crippen molar-refractivity contribution < 1.29 is 13.9 Å². The molecule has 0 radical (unpaired) electrons. The summed E-state index contributed by atoms with van der Waals surface area (Å²) in [7, 11) is 0. The zero-order valence-corrected chi connectivity index (χ0v) is 26.3. The Balaban J connectivity index is 1.56. The smallest absolute Gasteiger partial charge is 0.307 e. The molecule has 0 spiro atoms. The van der Waals surface area contributed by atoms with Gasteiger partial charge in [-0.3, -0.25) is 0 Å². The van der Waals surface area contributed by atoms with Gasteiger partial charge in [0.25, 0.3) is 0 Å². The third-order valence-electron chi connectivity index (χ3n) is 10.3. The second-order valence-electron chi connectivity index (χ2n) is 15.5. The minimum Gasteiger partial charge on any atom is -0.466 e. The summed E-state index contributed by atoms with van der Waals surface area (Å²) in [6.45, 7) is 22.7. The van der Waals surface area contributed by atoms with Crippen molar-refractivity contribution in [3.05, 3.63) is 58.8 Å². The monoisotopic (exact) mass is 547 g/mol. The number of aromatic nitrogens is 1. The molecule has 5 heteroatoms. The molecule has 4 aromatic rings. The molecule has 4 nitrogen and oxygen atoms in total. The number of fused-ring (bicyclic) bond motifs is 8. The fourth-order valence-electron chi connectivity index (χ4n) is 6.96. The average molecular weight is 548 g/mol. The number of ether oxygens (including phenoxy) is 2. The normalized spacial score (nSPS) is 18.1. The molecule has 0 amide bonds. The number of hydrogen-bond donors (Lipinski definition) is 0. The summed E-state index contributed by atoms with van der Waals surface area (Å²) >= 11 is 0. The van der Waals surface area contributed by atoms with Crippen LogP contribution in [0.15, 0.2) is 40.8 Å². The molecule has 2 aromatic heterocycles. The van der Waals surface area contributed by atoms with Crippen LogP contribution in [0.3, 0.4) is 0 Å². The summed E-state index contributed by atoms with van der Waals surface area (Å²) < 4.78 is 20.5. The highest BCUT2D eigenvalue weighted by molar-refractivity contribution is 6.97. The Bertz CT molecular complexity index is 1750. The van der Waals surface area contributed by atoms with Crippen molar-refractivity contribution in [3.63, 3.8) is 0 Å². The average Bonchev–Trinajstić information content (AvgIpc) is 3.27. The third kappa shape index (κ3) is 3.76. The molecule has 1 aliphatic carbocycles. The van der Waals surface area contributed by atoms with Gasteiger partial charge in [-0.05, 0) is 70.3 Å².